The maximum atomic E-state index is 2.95. The Morgan fingerprint density at radius 3 is 2.57 bits per heavy atom. The molecule has 0 unspecified atom stereocenters. The molecule has 1 rings (SSSR count). The maximum Gasteiger partial charge on any atom is 0.0828 e. The molecule has 1 heterocycles. The van der Waals surface area contributed by atoms with E-state index in [2.05, 4.69) is 32.8 Å². The molecule has 0 fully saturated rings. The highest BCUT2D eigenvalue weighted by Crippen LogP contribution is 2.25. The predicted molar refractivity (Wildman–Crippen MR) is 40.6 cm³/mol. The molecule has 0 aliphatic carbocycles. The number of hydrogen-bond donors (Lipinski definition) is 2. The van der Waals surface area contributed by atoms with Gasteiger partial charge in [0.2, 0.25) is 0 Å². The van der Waals surface area contributed by atoms with Crippen molar-refractivity contribution in [1.29, 1.82) is 0 Å². The van der Waals surface area contributed by atoms with Gasteiger partial charge in [-0.25, -0.2) is 0 Å². The smallest absolute Gasteiger partial charge is 0.0828 e. The molecular formula is C3H5IN2S. The van der Waals surface area contributed by atoms with Crippen LogP contribution in [0.2, 0.25) is 0 Å². The molecule has 4 heteroatoms. The van der Waals surface area contributed by atoms with Gasteiger partial charge in [-0.1, -0.05) is 0 Å². The van der Waals surface area contributed by atoms with E-state index in [1.807, 2.05) is 6.92 Å². The molecule has 0 saturated carbocycles. The zero-order valence-corrected chi connectivity index (χ0v) is 6.76. The van der Waals surface area contributed by atoms with Crippen LogP contribution in [0.15, 0.2) is 8.61 Å². The van der Waals surface area contributed by atoms with E-state index in [1.165, 1.54) is 8.61 Å². The maximum absolute atomic E-state index is 2.95. The van der Waals surface area contributed by atoms with Gasteiger partial charge in [0.1, 0.15) is 0 Å². The van der Waals surface area contributed by atoms with E-state index in [9.17, 15) is 0 Å². The molecule has 1 aliphatic rings. The molecule has 0 aromatic rings. The van der Waals surface area contributed by atoms with Gasteiger partial charge in [-0.05, 0) is 41.5 Å². The number of hydrogen-bond acceptors (Lipinski definition) is 3. The van der Waals surface area contributed by atoms with Gasteiger partial charge in [0.05, 0.1) is 2.91 Å². The van der Waals surface area contributed by atoms with Gasteiger partial charge in [-0.3, -0.25) is 0 Å². The number of halogens is 1. The van der Waals surface area contributed by atoms with Crippen molar-refractivity contribution in [2.24, 2.45) is 0 Å². The molecule has 0 aromatic heterocycles. The van der Waals surface area contributed by atoms with Gasteiger partial charge in [0.15, 0.2) is 0 Å². The second kappa shape index (κ2) is 2.23. The number of nitrogens with one attached hydrogen (secondary N) is 2. The van der Waals surface area contributed by atoms with Crippen molar-refractivity contribution in [2.75, 3.05) is 0 Å². The molecule has 40 valence electrons. The molecule has 0 aromatic carbocycles. The first-order chi connectivity index (χ1) is 3.30. The Hall–Kier alpha value is 0.580. The van der Waals surface area contributed by atoms with E-state index < -0.39 is 0 Å². The molecule has 0 spiro atoms. The normalized spacial score (nSPS) is 20.3. The largest absolute Gasteiger partial charge is 0.314 e. The summed E-state index contributed by atoms with van der Waals surface area (Å²) in [5.74, 6) is 0. The molecule has 2 nitrogen and oxygen atoms in total. The fraction of sp³-hybridized carbons (Fsp3) is 0.333. The highest BCUT2D eigenvalue weighted by molar-refractivity contribution is 14.1. The second-order valence-electron chi connectivity index (χ2n) is 1.23. The first-order valence-electron chi connectivity index (χ1n) is 1.85. The summed E-state index contributed by atoms with van der Waals surface area (Å²) >= 11 is 3.89. The van der Waals surface area contributed by atoms with Gasteiger partial charge in [0.25, 0.3) is 0 Å². The summed E-state index contributed by atoms with van der Waals surface area (Å²) in [7, 11) is 0. The van der Waals surface area contributed by atoms with Crippen LogP contribution in [-0.2, 0) is 0 Å². The van der Waals surface area contributed by atoms with Crippen molar-refractivity contribution in [2.45, 2.75) is 6.92 Å². The first kappa shape index (κ1) is 5.71. The van der Waals surface area contributed by atoms with Crippen LogP contribution in [0.25, 0.3) is 0 Å². The lowest BCUT2D eigenvalue weighted by Gasteiger charge is -1.89. The Morgan fingerprint density at radius 2 is 2.43 bits per heavy atom. The van der Waals surface area contributed by atoms with E-state index >= 15 is 0 Å². The van der Waals surface area contributed by atoms with Crippen molar-refractivity contribution in [3.8, 4) is 0 Å². The average molecular weight is 228 g/mol. The Morgan fingerprint density at radius 1 is 1.71 bits per heavy atom. The van der Waals surface area contributed by atoms with Crippen LogP contribution in [0.3, 0.4) is 0 Å². The minimum Gasteiger partial charge on any atom is -0.314 e. The zero-order valence-electron chi connectivity index (χ0n) is 3.79. The molecule has 0 bridgehead atoms. The Balaban J connectivity index is 2.64. The molecule has 1 aliphatic heterocycles. The summed E-state index contributed by atoms with van der Waals surface area (Å²) in [5, 5.41) is 0. The number of allylic oxidation sites excluding steroid dienone is 1. The number of rotatable bonds is 0. The Labute approximate surface area is 60.4 Å². The predicted octanol–water partition coefficient (Wildman–Crippen LogP) is 1.37. The number of hydrazine groups is 1. The van der Waals surface area contributed by atoms with Crippen molar-refractivity contribution in [3.63, 3.8) is 0 Å². The first-order valence-corrected chi connectivity index (χ1v) is 3.74. The Bertz CT molecular complexity index is 99.5. The van der Waals surface area contributed by atoms with Gasteiger partial charge >= 0.3 is 0 Å². The van der Waals surface area contributed by atoms with E-state index in [-0.39, 0.29) is 0 Å². The van der Waals surface area contributed by atoms with Crippen LogP contribution in [0, 0.1) is 0 Å². The fourth-order valence-electron chi connectivity index (χ4n) is 0.273. The molecule has 0 atom stereocenters. The minimum atomic E-state index is 1.21. The third-order valence-corrected chi connectivity index (χ3v) is 2.83. The van der Waals surface area contributed by atoms with E-state index in [0.29, 0.717) is 0 Å². The van der Waals surface area contributed by atoms with Crippen LogP contribution in [0.1, 0.15) is 6.92 Å². The summed E-state index contributed by atoms with van der Waals surface area (Å²) in [6.07, 6.45) is 0. The van der Waals surface area contributed by atoms with E-state index in [1.54, 1.807) is 11.9 Å². The molecular weight excluding hydrogens is 223 g/mol. The molecule has 2 N–H and O–H groups in total. The molecule has 7 heavy (non-hydrogen) atoms. The van der Waals surface area contributed by atoms with Gasteiger partial charge < -0.3 is 5.43 Å². The highest BCUT2D eigenvalue weighted by Gasteiger charge is 2.04. The van der Waals surface area contributed by atoms with Crippen LogP contribution in [0.4, 0.5) is 0 Å². The SMILES string of the molecule is CC1=C(I)SNN1. The second-order valence-corrected chi connectivity index (χ2v) is 3.86. The fourth-order valence-corrected chi connectivity index (χ4v) is 1.24. The minimum absolute atomic E-state index is 1.21. The lowest BCUT2D eigenvalue weighted by molar-refractivity contribution is 0.833. The lowest BCUT2D eigenvalue weighted by Crippen LogP contribution is -2.16. The summed E-state index contributed by atoms with van der Waals surface area (Å²) in [4.78, 5) is 2.91. The van der Waals surface area contributed by atoms with Crippen LogP contribution in [-0.4, -0.2) is 0 Å². The average Bonchev–Trinajstić information content (AvgIpc) is 1.91. The van der Waals surface area contributed by atoms with Crippen molar-refractivity contribution in [1.82, 2.24) is 10.3 Å². The van der Waals surface area contributed by atoms with Gasteiger partial charge in [-0.15, -0.1) is 0 Å². The molecule has 0 amide bonds. The monoisotopic (exact) mass is 228 g/mol. The van der Waals surface area contributed by atoms with Crippen molar-refractivity contribution >= 4 is 34.5 Å². The van der Waals surface area contributed by atoms with Crippen molar-refractivity contribution in [3.05, 3.63) is 8.61 Å². The van der Waals surface area contributed by atoms with Gasteiger partial charge in [-0.2, -0.15) is 4.83 Å². The summed E-state index contributed by atoms with van der Waals surface area (Å²) < 4.78 is 1.29. The lowest BCUT2D eigenvalue weighted by atomic mass is 10.6. The van der Waals surface area contributed by atoms with Crippen LogP contribution >= 0.6 is 34.5 Å². The van der Waals surface area contributed by atoms with Crippen molar-refractivity contribution < 1.29 is 0 Å². The van der Waals surface area contributed by atoms with E-state index in [4.69, 9.17) is 0 Å². The Kier molecular flexibility index (Phi) is 1.82. The third kappa shape index (κ3) is 1.23. The summed E-state index contributed by atoms with van der Waals surface area (Å²) in [5.41, 5.74) is 4.17. The van der Waals surface area contributed by atoms with Crippen LogP contribution < -0.4 is 10.3 Å². The zero-order chi connectivity index (χ0) is 5.28. The quantitative estimate of drug-likeness (QED) is 0.483. The molecule has 0 saturated heterocycles. The van der Waals surface area contributed by atoms with Crippen LogP contribution in [0.5, 0.6) is 0 Å². The standard InChI is InChI=1S/C3H5IN2S/c1-2-3(4)7-6-5-2/h5-6H,1H3. The van der Waals surface area contributed by atoms with Gasteiger partial charge in [0, 0.05) is 5.70 Å². The van der Waals surface area contributed by atoms with E-state index in [0.717, 1.165) is 0 Å². The summed E-state index contributed by atoms with van der Waals surface area (Å²) in [6, 6.07) is 0. The third-order valence-electron chi connectivity index (χ3n) is 0.674. The highest BCUT2D eigenvalue weighted by atomic mass is 127. The topological polar surface area (TPSA) is 24.1 Å². The molecule has 0 radical (unpaired) electrons. The summed E-state index contributed by atoms with van der Waals surface area (Å²) in [6.45, 7) is 2.04.